The first-order valence-electron chi connectivity index (χ1n) is 9.60. The van der Waals surface area contributed by atoms with Crippen molar-refractivity contribution in [3.05, 3.63) is 54.1 Å². The van der Waals surface area contributed by atoms with Gasteiger partial charge in [-0.1, -0.05) is 37.9 Å². The maximum Gasteiger partial charge on any atom is 0.255 e. The van der Waals surface area contributed by atoms with E-state index in [1.807, 2.05) is 0 Å². The highest BCUT2D eigenvalue weighted by Gasteiger charge is 2.52. The van der Waals surface area contributed by atoms with E-state index in [0.717, 1.165) is 0 Å². The van der Waals surface area contributed by atoms with Crippen LogP contribution in [0.15, 0.2) is 48.5 Å². The summed E-state index contributed by atoms with van der Waals surface area (Å²) in [4.78, 5) is 39.9. The summed E-state index contributed by atoms with van der Waals surface area (Å²) in [6.07, 6.45) is 1.26. The minimum Gasteiger partial charge on any atom is -0.497 e. The van der Waals surface area contributed by atoms with Crippen molar-refractivity contribution in [1.82, 2.24) is 0 Å². The molecule has 0 aromatic heterocycles. The molecule has 3 amide bonds. The summed E-state index contributed by atoms with van der Waals surface area (Å²) >= 11 is 7.19. The number of nitrogens with one attached hydrogen (secondary N) is 1. The SMILES string of the molecule is COc1cccc(NC(=O)c2ccc(N3C(=O)[C@@H]4C[C@H](Br)[C@@H](Br)C[C@H]4C3=O)cc2)c1. The Morgan fingerprint density at radius 2 is 1.60 bits per heavy atom. The fourth-order valence-electron chi connectivity index (χ4n) is 4.02. The van der Waals surface area contributed by atoms with Crippen LogP contribution in [-0.4, -0.2) is 34.5 Å². The predicted molar refractivity (Wildman–Crippen MR) is 122 cm³/mol. The number of imide groups is 1. The summed E-state index contributed by atoms with van der Waals surface area (Å²) in [7, 11) is 1.56. The van der Waals surface area contributed by atoms with E-state index in [1.54, 1.807) is 55.6 Å². The van der Waals surface area contributed by atoms with Crippen molar-refractivity contribution < 1.29 is 19.1 Å². The zero-order chi connectivity index (χ0) is 21.4. The first-order chi connectivity index (χ1) is 14.4. The Bertz CT molecular complexity index is 967. The molecule has 2 aliphatic rings. The maximum atomic E-state index is 12.9. The zero-order valence-corrected chi connectivity index (χ0v) is 19.4. The van der Waals surface area contributed by atoms with Gasteiger partial charge in [0.2, 0.25) is 11.8 Å². The molecule has 1 aliphatic heterocycles. The third-order valence-electron chi connectivity index (χ3n) is 5.63. The smallest absolute Gasteiger partial charge is 0.255 e. The topological polar surface area (TPSA) is 75.7 Å². The summed E-state index contributed by atoms with van der Waals surface area (Å²) in [5.74, 6) is -0.567. The second-order valence-corrected chi connectivity index (χ2v) is 9.81. The van der Waals surface area contributed by atoms with Gasteiger partial charge in [-0.25, -0.2) is 0 Å². The summed E-state index contributed by atoms with van der Waals surface area (Å²) < 4.78 is 5.16. The summed E-state index contributed by atoms with van der Waals surface area (Å²) in [5, 5.41) is 2.81. The van der Waals surface area contributed by atoms with Gasteiger partial charge in [-0.15, -0.1) is 0 Å². The number of hydrogen-bond acceptors (Lipinski definition) is 4. The van der Waals surface area contributed by atoms with Gasteiger partial charge in [-0.05, 0) is 49.2 Å². The number of carbonyl (C=O) groups is 3. The summed E-state index contributed by atoms with van der Waals surface area (Å²) in [6, 6.07) is 13.6. The number of ether oxygens (including phenoxy) is 1. The molecule has 2 aromatic carbocycles. The lowest BCUT2D eigenvalue weighted by Crippen LogP contribution is -2.34. The number of amides is 3. The average Bonchev–Trinajstić information content (AvgIpc) is 2.98. The fourth-order valence-corrected chi connectivity index (χ4v) is 5.25. The third kappa shape index (κ3) is 3.90. The number of fused-ring (bicyclic) bond motifs is 1. The molecule has 6 nitrogen and oxygen atoms in total. The molecule has 0 unspecified atom stereocenters. The van der Waals surface area contributed by atoms with Crippen molar-refractivity contribution in [1.29, 1.82) is 0 Å². The van der Waals surface area contributed by atoms with Crippen molar-refractivity contribution in [3.8, 4) is 5.75 Å². The van der Waals surface area contributed by atoms with E-state index >= 15 is 0 Å². The van der Waals surface area contributed by atoms with Crippen LogP contribution in [0.2, 0.25) is 0 Å². The molecule has 0 spiro atoms. The third-order valence-corrected chi connectivity index (χ3v) is 8.36. The Morgan fingerprint density at radius 1 is 1.00 bits per heavy atom. The molecule has 4 atom stereocenters. The number of rotatable bonds is 4. The second kappa shape index (κ2) is 8.51. The highest BCUT2D eigenvalue weighted by molar-refractivity contribution is 9.12. The molecular weight excluding hydrogens is 516 g/mol. The number of methoxy groups -OCH3 is 1. The van der Waals surface area contributed by atoms with Crippen molar-refractivity contribution >= 4 is 61.0 Å². The average molecular weight is 536 g/mol. The molecule has 156 valence electrons. The lowest BCUT2D eigenvalue weighted by Gasteiger charge is -2.29. The maximum absolute atomic E-state index is 12.9. The molecule has 1 saturated carbocycles. The zero-order valence-electron chi connectivity index (χ0n) is 16.2. The van der Waals surface area contributed by atoms with Gasteiger partial charge in [0, 0.05) is 27.0 Å². The molecule has 1 aliphatic carbocycles. The van der Waals surface area contributed by atoms with Crippen molar-refractivity contribution in [3.63, 3.8) is 0 Å². The van der Waals surface area contributed by atoms with E-state index in [0.29, 0.717) is 35.5 Å². The highest BCUT2D eigenvalue weighted by Crippen LogP contribution is 2.44. The van der Waals surface area contributed by atoms with Crippen LogP contribution in [0.1, 0.15) is 23.2 Å². The summed E-state index contributed by atoms with van der Waals surface area (Å²) in [5.41, 5.74) is 1.54. The quantitative estimate of drug-likeness (QED) is 0.466. The highest BCUT2D eigenvalue weighted by atomic mass is 79.9. The molecule has 30 heavy (non-hydrogen) atoms. The minimum absolute atomic E-state index is 0.164. The van der Waals surface area contributed by atoms with Crippen LogP contribution in [0.25, 0.3) is 0 Å². The molecule has 8 heteroatoms. The van der Waals surface area contributed by atoms with Crippen molar-refractivity contribution in [2.45, 2.75) is 22.5 Å². The predicted octanol–water partition coefficient (Wildman–Crippen LogP) is 4.37. The van der Waals surface area contributed by atoms with Gasteiger partial charge in [-0.2, -0.15) is 0 Å². The Balaban J connectivity index is 1.50. The van der Waals surface area contributed by atoms with E-state index in [4.69, 9.17) is 4.74 Å². The van der Waals surface area contributed by atoms with Gasteiger partial charge >= 0.3 is 0 Å². The molecule has 1 heterocycles. The minimum atomic E-state index is -0.299. The van der Waals surface area contributed by atoms with Crippen LogP contribution >= 0.6 is 31.9 Å². The lowest BCUT2D eigenvalue weighted by molar-refractivity contribution is -0.122. The van der Waals surface area contributed by atoms with Crippen LogP contribution in [0.5, 0.6) is 5.75 Å². The summed E-state index contributed by atoms with van der Waals surface area (Å²) in [6.45, 7) is 0. The largest absolute Gasteiger partial charge is 0.497 e. The molecule has 0 radical (unpaired) electrons. The van der Waals surface area contributed by atoms with Crippen molar-refractivity contribution in [2.75, 3.05) is 17.3 Å². The molecular formula is C22H20Br2N2O4. The van der Waals surface area contributed by atoms with Crippen LogP contribution in [0.4, 0.5) is 11.4 Å². The Labute approximate surface area is 191 Å². The van der Waals surface area contributed by atoms with E-state index in [-0.39, 0.29) is 39.2 Å². The first-order valence-corrected chi connectivity index (χ1v) is 11.4. The normalized spacial score (nSPS) is 25.8. The van der Waals surface area contributed by atoms with Gasteiger partial charge in [0.15, 0.2) is 0 Å². The number of anilines is 2. The standard InChI is InChI=1S/C22H20Br2N2O4/c1-30-15-4-2-3-13(9-15)25-20(27)12-5-7-14(8-6-12)26-21(28)16-10-18(23)19(24)11-17(16)22(26)29/h2-9,16-19H,10-11H2,1H3,(H,25,27)/t16-,17-,18+,19+/m1/s1. The molecule has 2 fully saturated rings. The van der Waals surface area contributed by atoms with Gasteiger partial charge in [0.1, 0.15) is 5.75 Å². The molecule has 1 saturated heterocycles. The van der Waals surface area contributed by atoms with Crippen molar-refractivity contribution in [2.24, 2.45) is 11.8 Å². The van der Waals surface area contributed by atoms with Crippen LogP contribution in [-0.2, 0) is 9.59 Å². The Kier molecular flexibility index (Phi) is 5.97. The Morgan fingerprint density at radius 3 is 2.17 bits per heavy atom. The lowest BCUT2D eigenvalue weighted by atomic mass is 9.81. The van der Waals surface area contributed by atoms with E-state index in [9.17, 15) is 14.4 Å². The molecule has 2 aromatic rings. The van der Waals surface area contributed by atoms with Crippen LogP contribution in [0.3, 0.4) is 0 Å². The molecule has 1 N–H and O–H groups in total. The van der Waals surface area contributed by atoms with E-state index in [2.05, 4.69) is 37.2 Å². The number of halogens is 2. The van der Waals surface area contributed by atoms with E-state index in [1.165, 1.54) is 4.90 Å². The number of nitrogens with zero attached hydrogens (tertiary/aromatic N) is 1. The number of alkyl halides is 2. The monoisotopic (exact) mass is 534 g/mol. The second-order valence-electron chi connectivity index (χ2n) is 7.46. The molecule has 4 rings (SSSR count). The van der Waals surface area contributed by atoms with Gasteiger partial charge in [0.05, 0.1) is 24.6 Å². The first kappa shape index (κ1) is 21.1. The Hall–Kier alpha value is -2.19. The van der Waals surface area contributed by atoms with E-state index < -0.39 is 0 Å². The van der Waals surface area contributed by atoms with Gasteiger partial charge < -0.3 is 10.1 Å². The van der Waals surface area contributed by atoms with Crippen LogP contribution in [0, 0.1) is 11.8 Å². The fraction of sp³-hybridized carbons (Fsp3) is 0.318. The van der Waals surface area contributed by atoms with Gasteiger partial charge in [0.25, 0.3) is 5.91 Å². The molecule has 0 bridgehead atoms. The number of benzene rings is 2. The van der Waals surface area contributed by atoms with Crippen LogP contribution < -0.4 is 15.0 Å². The number of carbonyl (C=O) groups excluding carboxylic acids is 3. The van der Waals surface area contributed by atoms with Gasteiger partial charge in [-0.3, -0.25) is 19.3 Å². The number of hydrogen-bond donors (Lipinski definition) is 1.